The fraction of sp³-hybridized carbons (Fsp3) is 0.222. The van der Waals surface area contributed by atoms with Crippen LogP contribution in [0.15, 0.2) is 66.9 Å². The zero-order chi connectivity index (χ0) is 27.0. The number of benzene rings is 3. The molecule has 0 fully saturated rings. The van der Waals surface area contributed by atoms with Crippen molar-refractivity contribution in [3.63, 3.8) is 0 Å². The van der Waals surface area contributed by atoms with Crippen molar-refractivity contribution in [2.75, 3.05) is 5.32 Å². The van der Waals surface area contributed by atoms with Crippen LogP contribution in [0.1, 0.15) is 42.3 Å². The number of nitrogens with zero attached hydrogens (tertiary/aromatic N) is 2. The number of carbonyl (C=O) groups is 2. The van der Waals surface area contributed by atoms with Crippen molar-refractivity contribution in [3.8, 4) is 5.69 Å². The number of rotatable bonds is 5. The molecule has 2 amide bonds. The molecule has 0 unspecified atom stereocenters. The zero-order valence-electron chi connectivity index (χ0n) is 20.3. The van der Waals surface area contributed by atoms with E-state index in [2.05, 4.69) is 15.7 Å². The van der Waals surface area contributed by atoms with E-state index in [9.17, 15) is 22.8 Å². The molecule has 1 heterocycles. The molecule has 0 aliphatic heterocycles. The molecule has 0 saturated heterocycles. The number of halogens is 4. The summed E-state index contributed by atoms with van der Waals surface area (Å²) >= 11 is 5.97. The van der Waals surface area contributed by atoms with Crippen molar-refractivity contribution in [2.45, 2.75) is 33.5 Å². The number of nitrogens with one attached hydrogen (secondary N) is 2. The Hall–Kier alpha value is -3.85. The zero-order valence-corrected chi connectivity index (χ0v) is 21.0. The van der Waals surface area contributed by atoms with E-state index >= 15 is 0 Å². The molecule has 0 radical (unpaired) electrons. The molecule has 1 aromatic heterocycles. The van der Waals surface area contributed by atoms with Crippen LogP contribution in [-0.4, -0.2) is 21.6 Å². The van der Waals surface area contributed by atoms with Gasteiger partial charge < -0.3 is 10.6 Å². The molecule has 0 atom stereocenters. The van der Waals surface area contributed by atoms with Crippen LogP contribution in [0.25, 0.3) is 16.6 Å². The SMILES string of the molecule is CC(C)(C)C(=O)NCc1ccc(C(F)(F)F)c(C(=O)Nc2cccc3c2cnn3-c2ccc(Cl)cc2)c1. The van der Waals surface area contributed by atoms with Crippen LogP contribution in [0.3, 0.4) is 0 Å². The average Bonchev–Trinajstić information content (AvgIpc) is 3.27. The number of aromatic nitrogens is 2. The molecule has 3 aromatic carbocycles. The number of hydrogen-bond donors (Lipinski definition) is 2. The van der Waals surface area contributed by atoms with Gasteiger partial charge in [-0.05, 0) is 54.1 Å². The van der Waals surface area contributed by atoms with E-state index < -0.39 is 28.6 Å². The summed E-state index contributed by atoms with van der Waals surface area (Å²) < 4.78 is 42.9. The second-order valence-corrected chi connectivity index (χ2v) is 9.97. The highest BCUT2D eigenvalue weighted by atomic mass is 35.5. The predicted molar refractivity (Wildman–Crippen MR) is 137 cm³/mol. The minimum atomic E-state index is -4.74. The second-order valence-electron chi connectivity index (χ2n) is 9.54. The Morgan fingerprint density at radius 3 is 2.35 bits per heavy atom. The van der Waals surface area contributed by atoms with Gasteiger partial charge in [-0.2, -0.15) is 18.3 Å². The van der Waals surface area contributed by atoms with Gasteiger partial charge in [0.05, 0.1) is 34.2 Å². The van der Waals surface area contributed by atoms with Crippen LogP contribution in [0.2, 0.25) is 5.02 Å². The molecule has 0 aliphatic carbocycles. The van der Waals surface area contributed by atoms with Gasteiger partial charge in [0.25, 0.3) is 5.91 Å². The van der Waals surface area contributed by atoms with E-state index in [-0.39, 0.29) is 12.5 Å². The molecule has 0 spiro atoms. The highest BCUT2D eigenvalue weighted by Crippen LogP contribution is 2.34. The lowest BCUT2D eigenvalue weighted by molar-refractivity contribution is -0.138. The van der Waals surface area contributed by atoms with Crippen molar-refractivity contribution in [1.29, 1.82) is 0 Å². The van der Waals surface area contributed by atoms with E-state index in [4.69, 9.17) is 11.6 Å². The molecule has 4 aromatic rings. The minimum absolute atomic E-state index is 0.0159. The van der Waals surface area contributed by atoms with Crippen molar-refractivity contribution >= 4 is 40.0 Å². The van der Waals surface area contributed by atoms with Crippen LogP contribution in [0.5, 0.6) is 0 Å². The summed E-state index contributed by atoms with van der Waals surface area (Å²) in [5, 5.41) is 10.8. The molecule has 37 heavy (non-hydrogen) atoms. The second kappa shape index (κ2) is 9.89. The first kappa shape index (κ1) is 26.2. The van der Waals surface area contributed by atoms with Crippen molar-refractivity contribution in [3.05, 3.63) is 88.6 Å². The van der Waals surface area contributed by atoms with Crippen LogP contribution in [-0.2, 0) is 17.5 Å². The fourth-order valence-corrected chi connectivity index (χ4v) is 3.85. The van der Waals surface area contributed by atoms with Crippen LogP contribution in [0, 0.1) is 5.41 Å². The Balaban J connectivity index is 1.66. The average molecular weight is 529 g/mol. The van der Waals surface area contributed by atoms with Gasteiger partial charge in [0, 0.05) is 22.4 Å². The summed E-state index contributed by atoms with van der Waals surface area (Å²) in [6.45, 7) is 5.16. The van der Waals surface area contributed by atoms with Gasteiger partial charge in [0.2, 0.25) is 5.91 Å². The number of fused-ring (bicyclic) bond motifs is 1. The fourth-order valence-electron chi connectivity index (χ4n) is 3.72. The molecule has 0 saturated carbocycles. The first-order valence-electron chi connectivity index (χ1n) is 11.4. The Morgan fingerprint density at radius 1 is 1.00 bits per heavy atom. The largest absolute Gasteiger partial charge is 0.417 e. The van der Waals surface area contributed by atoms with E-state index in [1.165, 1.54) is 12.3 Å². The first-order chi connectivity index (χ1) is 17.3. The summed E-state index contributed by atoms with van der Waals surface area (Å²) in [6, 6.07) is 15.3. The third kappa shape index (κ3) is 5.77. The Morgan fingerprint density at radius 2 is 1.70 bits per heavy atom. The van der Waals surface area contributed by atoms with Crippen molar-refractivity contribution < 1.29 is 22.8 Å². The Labute approximate surface area is 216 Å². The lowest BCUT2D eigenvalue weighted by Crippen LogP contribution is -2.34. The summed E-state index contributed by atoms with van der Waals surface area (Å²) in [5.74, 6) is -1.19. The smallest absolute Gasteiger partial charge is 0.352 e. The predicted octanol–water partition coefficient (Wildman–Crippen LogP) is 6.61. The quantitative estimate of drug-likeness (QED) is 0.306. The Kier molecular flexibility index (Phi) is 7.01. The maximum atomic E-state index is 13.7. The molecule has 10 heteroatoms. The summed E-state index contributed by atoms with van der Waals surface area (Å²) in [6.07, 6.45) is -3.21. The van der Waals surface area contributed by atoms with Gasteiger partial charge in [-0.3, -0.25) is 9.59 Å². The van der Waals surface area contributed by atoms with Crippen LogP contribution in [0.4, 0.5) is 18.9 Å². The van der Waals surface area contributed by atoms with Gasteiger partial charge >= 0.3 is 6.18 Å². The topological polar surface area (TPSA) is 76.0 Å². The standard InChI is InChI=1S/C27H24ClF3N4O2/c1-26(2,3)25(37)32-14-16-7-12-21(27(29,30)31)19(13-16)24(36)34-22-5-4-6-23-20(22)15-33-35(23)18-10-8-17(28)9-11-18/h4-13,15H,14H2,1-3H3,(H,32,37)(H,34,36). The van der Waals surface area contributed by atoms with Crippen LogP contribution >= 0.6 is 11.6 Å². The van der Waals surface area contributed by atoms with Gasteiger partial charge in [0.15, 0.2) is 0 Å². The molecular formula is C27H24ClF3N4O2. The number of anilines is 1. The first-order valence-corrected chi connectivity index (χ1v) is 11.7. The molecule has 2 N–H and O–H groups in total. The minimum Gasteiger partial charge on any atom is -0.352 e. The number of amides is 2. The van der Waals surface area contributed by atoms with Gasteiger partial charge in [-0.15, -0.1) is 0 Å². The highest BCUT2D eigenvalue weighted by Gasteiger charge is 2.35. The van der Waals surface area contributed by atoms with E-state index in [1.54, 1.807) is 67.9 Å². The monoisotopic (exact) mass is 528 g/mol. The van der Waals surface area contributed by atoms with E-state index in [0.29, 0.717) is 27.2 Å². The lowest BCUT2D eigenvalue weighted by atomic mass is 9.95. The number of hydrogen-bond acceptors (Lipinski definition) is 3. The maximum absolute atomic E-state index is 13.7. The molecule has 0 bridgehead atoms. The van der Waals surface area contributed by atoms with Crippen molar-refractivity contribution in [2.24, 2.45) is 5.41 Å². The summed E-state index contributed by atoms with van der Waals surface area (Å²) in [4.78, 5) is 25.3. The van der Waals surface area contributed by atoms with Crippen LogP contribution < -0.4 is 10.6 Å². The molecule has 4 rings (SSSR count). The number of carbonyl (C=O) groups excluding carboxylic acids is 2. The third-order valence-electron chi connectivity index (χ3n) is 5.70. The molecule has 6 nitrogen and oxygen atoms in total. The highest BCUT2D eigenvalue weighted by molar-refractivity contribution is 6.30. The van der Waals surface area contributed by atoms with Gasteiger partial charge in [-0.1, -0.05) is 44.5 Å². The third-order valence-corrected chi connectivity index (χ3v) is 5.95. The Bertz CT molecular complexity index is 1470. The molecule has 192 valence electrons. The molecule has 0 aliphatic rings. The summed E-state index contributed by atoms with van der Waals surface area (Å²) in [5.41, 5.74) is -0.229. The van der Waals surface area contributed by atoms with Crippen molar-refractivity contribution in [1.82, 2.24) is 15.1 Å². The normalized spacial score (nSPS) is 12.0. The summed E-state index contributed by atoms with van der Waals surface area (Å²) in [7, 11) is 0. The maximum Gasteiger partial charge on any atom is 0.417 e. The number of alkyl halides is 3. The van der Waals surface area contributed by atoms with Gasteiger partial charge in [0.1, 0.15) is 0 Å². The van der Waals surface area contributed by atoms with E-state index in [1.807, 2.05) is 0 Å². The lowest BCUT2D eigenvalue weighted by Gasteiger charge is -2.19. The van der Waals surface area contributed by atoms with Gasteiger partial charge in [-0.25, -0.2) is 4.68 Å². The van der Waals surface area contributed by atoms with E-state index in [0.717, 1.165) is 17.8 Å². The molecular weight excluding hydrogens is 505 g/mol.